The highest BCUT2D eigenvalue weighted by molar-refractivity contribution is 7.91. The summed E-state index contributed by atoms with van der Waals surface area (Å²) in [6.45, 7) is 5.68. The zero-order valence-electron chi connectivity index (χ0n) is 10.1. The van der Waals surface area contributed by atoms with Crippen LogP contribution in [0.3, 0.4) is 0 Å². The van der Waals surface area contributed by atoms with Gasteiger partial charge in [-0.1, -0.05) is 10.5 Å². The summed E-state index contributed by atoms with van der Waals surface area (Å²) in [5.74, 6) is 0. The van der Waals surface area contributed by atoms with Gasteiger partial charge in [-0.2, -0.15) is 5.10 Å². The van der Waals surface area contributed by atoms with Crippen LogP contribution in [0.4, 0.5) is 0 Å². The number of hydrogen-bond donors (Lipinski definition) is 0. The minimum Gasteiger partial charge on any atom is -0.591 e. The van der Waals surface area contributed by atoms with Crippen molar-refractivity contribution >= 4 is 23.1 Å². The van der Waals surface area contributed by atoms with Crippen molar-refractivity contribution in [1.29, 1.82) is 0 Å². The summed E-state index contributed by atoms with van der Waals surface area (Å²) in [5.41, 5.74) is 1.71. The van der Waals surface area contributed by atoms with Crippen LogP contribution in [0.15, 0.2) is 34.9 Å². The molecule has 0 spiro atoms. The summed E-state index contributed by atoms with van der Waals surface area (Å²) in [7, 11) is 0. The molecule has 0 fully saturated rings. The Morgan fingerprint density at radius 2 is 2.18 bits per heavy atom. The molecular formula is C12H15N3OS. The van der Waals surface area contributed by atoms with Crippen LogP contribution < -0.4 is 0 Å². The first-order chi connectivity index (χ1) is 7.97. The van der Waals surface area contributed by atoms with Gasteiger partial charge in [0, 0.05) is 6.20 Å². The molecule has 2 rings (SSSR count). The number of nitrogens with zero attached hydrogens (tertiary/aromatic N) is 3. The van der Waals surface area contributed by atoms with E-state index in [0.717, 1.165) is 5.52 Å². The maximum Gasteiger partial charge on any atom is 0.144 e. The van der Waals surface area contributed by atoms with Crippen LogP contribution in [0, 0.1) is 0 Å². The topological polar surface area (TPSA) is 52.7 Å². The van der Waals surface area contributed by atoms with Crippen LogP contribution in [-0.2, 0) is 11.4 Å². The molecule has 0 bridgehead atoms. The molecule has 0 saturated heterocycles. The van der Waals surface area contributed by atoms with Crippen molar-refractivity contribution in [1.82, 2.24) is 9.61 Å². The van der Waals surface area contributed by atoms with Gasteiger partial charge in [0.2, 0.25) is 0 Å². The van der Waals surface area contributed by atoms with Gasteiger partial charge in [-0.25, -0.2) is 4.52 Å². The Morgan fingerprint density at radius 3 is 2.82 bits per heavy atom. The fraction of sp³-hybridized carbons (Fsp3) is 0.333. The lowest BCUT2D eigenvalue weighted by atomic mass is 10.3. The summed E-state index contributed by atoms with van der Waals surface area (Å²) in [6, 6.07) is 7.73. The largest absolute Gasteiger partial charge is 0.591 e. The van der Waals surface area contributed by atoms with Crippen molar-refractivity contribution in [2.45, 2.75) is 25.5 Å². The van der Waals surface area contributed by atoms with Crippen molar-refractivity contribution in [3.8, 4) is 0 Å². The second-order valence-electron chi connectivity index (χ2n) is 4.74. The summed E-state index contributed by atoms with van der Waals surface area (Å²) < 4.78 is 17.2. The lowest BCUT2D eigenvalue weighted by Crippen LogP contribution is -2.25. The highest BCUT2D eigenvalue weighted by Gasteiger charge is 2.25. The molecule has 0 aliphatic carbocycles. The van der Waals surface area contributed by atoms with Crippen LogP contribution in [0.5, 0.6) is 0 Å². The molecule has 0 aliphatic heterocycles. The fourth-order valence-corrected chi connectivity index (χ4v) is 1.80. The Labute approximate surface area is 104 Å². The Kier molecular flexibility index (Phi) is 3.22. The van der Waals surface area contributed by atoms with E-state index >= 15 is 0 Å². The normalized spacial score (nSPS) is 14.6. The standard InChI is InChI=1S/C12H15N3OS/c1-12(2,3)17(16)13-9-10-8-11-6-4-5-7-15(11)14-10/h4-9H,1-3H3. The minimum atomic E-state index is -1.24. The molecule has 0 saturated carbocycles. The van der Waals surface area contributed by atoms with Gasteiger partial charge in [0.05, 0.1) is 5.52 Å². The molecule has 2 aromatic rings. The van der Waals surface area contributed by atoms with Gasteiger partial charge < -0.3 is 4.55 Å². The Balaban J connectivity index is 2.21. The third-order valence-corrected chi connectivity index (χ3v) is 3.54. The molecule has 1 atom stereocenters. The number of fused-ring (bicyclic) bond motifs is 1. The maximum absolute atomic E-state index is 11.7. The average Bonchev–Trinajstić information content (AvgIpc) is 2.66. The number of pyridine rings is 1. The van der Waals surface area contributed by atoms with E-state index in [4.69, 9.17) is 0 Å². The van der Waals surface area contributed by atoms with E-state index in [1.54, 1.807) is 10.7 Å². The third-order valence-electron chi connectivity index (χ3n) is 2.19. The van der Waals surface area contributed by atoms with Crippen LogP contribution in [0.1, 0.15) is 26.5 Å². The van der Waals surface area contributed by atoms with Gasteiger partial charge in [-0.15, -0.1) is 0 Å². The third kappa shape index (κ3) is 2.87. The van der Waals surface area contributed by atoms with Gasteiger partial charge >= 0.3 is 0 Å². The van der Waals surface area contributed by atoms with Crippen molar-refractivity contribution in [3.63, 3.8) is 0 Å². The zero-order valence-corrected chi connectivity index (χ0v) is 10.9. The number of hydrogen-bond acceptors (Lipinski definition) is 3. The first-order valence-electron chi connectivity index (χ1n) is 5.37. The van der Waals surface area contributed by atoms with Crippen LogP contribution in [0.2, 0.25) is 0 Å². The van der Waals surface area contributed by atoms with E-state index in [-0.39, 0.29) is 4.75 Å². The molecule has 2 aromatic heterocycles. The first kappa shape index (κ1) is 12.1. The van der Waals surface area contributed by atoms with E-state index in [0.29, 0.717) is 5.69 Å². The van der Waals surface area contributed by atoms with Crippen molar-refractivity contribution < 1.29 is 4.55 Å². The fourth-order valence-electron chi connectivity index (χ4n) is 1.28. The molecule has 5 heteroatoms. The predicted octanol–water partition coefficient (Wildman–Crippen LogP) is 2.22. The average molecular weight is 249 g/mol. The van der Waals surface area contributed by atoms with Gasteiger partial charge in [0.25, 0.3) is 0 Å². The van der Waals surface area contributed by atoms with Crippen molar-refractivity contribution in [2.75, 3.05) is 0 Å². The van der Waals surface area contributed by atoms with E-state index in [9.17, 15) is 4.55 Å². The van der Waals surface area contributed by atoms with Gasteiger partial charge in [-0.05, 0) is 39.0 Å². The van der Waals surface area contributed by atoms with Gasteiger partial charge in [0.15, 0.2) is 0 Å². The lowest BCUT2D eigenvalue weighted by molar-refractivity contribution is 0.562. The lowest BCUT2D eigenvalue weighted by Gasteiger charge is -2.17. The van der Waals surface area contributed by atoms with Gasteiger partial charge in [-0.3, -0.25) is 0 Å². The SMILES string of the molecule is CC(C)(C)[S+]([O-])N=Cc1cc2ccccn2n1. The Morgan fingerprint density at radius 1 is 1.41 bits per heavy atom. The van der Waals surface area contributed by atoms with Gasteiger partial charge in [0.1, 0.15) is 28.0 Å². The second kappa shape index (κ2) is 4.50. The highest BCUT2D eigenvalue weighted by Crippen LogP contribution is 2.16. The molecule has 17 heavy (non-hydrogen) atoms. The summed E-state index contributed by atoms with van der Waals surface area (Å²) >= 11 is -1.24. The molecule has 0 radical (unpaired) electrons. The molecule has 0 aliphatic rings. The Bertz CT molecular complexity index is 509. The summed E-state index contributed by atoms with van der Waals surface area (Å²) in [5, 5.41) is 4.30. The zero-order chi connectivity index (χ0) is 12.5. The molecule has 0 N–H and O–H groups in total. The van der Waals surface area contributed by atoms with Crippen molar-refractivity contribution in [3.05, 3.63) is 36.2 Å². The van der Waals surface area contributed by atoms with Crippen LogP contribution in [-0.4, -0.2) is 25.1 Å². The van der Waals surface area contributed by atoms with Crippen molar-refractivity contribution in [2.24, 2.45) is 4.40 Å². The smallest absolute Gasteiger partial charge is 0.144 e. The highest BCUT2D eigenvalue weighted by atomic mass is 32.2. The quantitative estimate of drug-likeness (QED) is 0.605. The number of rotatable bonds is 2. The summed E-state index contributed by atoms with van der Waals surface area (Å²) in [6.07, 6.45) is 3.43. The van der Waals surface area contributed by atoms with E-state index in [1.807, 2.05) is 51.2 Å². The minimum absolute atomic E-state index is 0.338. The molecule has 1 unspecified atom stereocenters. The molecule has 90 valence electrons. The summed E-state index contributed by atoms with van der Waals surface area (Å²) in [4.78, 5) is 0. The van der Waals surface area contributed by atoms with Crippen LogP contribution >= 0.6 is 0 Å². The second-order valence-corrected chi connectivity index (χ2v) is 6.67. The van der Waals surface area contributed by atoms with E-state index in [2.05, 4.69) is 9.50 Å². The van der Waals surface area contributed by atoms with E-state index < -0.39 is 11.4 Å². The predicted molar refractivity (Wildman–Crippen MR) is 70.7 cm³/mol. The monoisotopic (exact) mass is 249 g/mol. The maximum atomic E-state index is 11.7. The van der Waals surface area contributed by atoms with E-state index in [1.165, 1.54) is 0 Å². The molecule has 0 aromatic carbocycles. The first-order valence-corrected chi connectivity index (χ1v) is 6.48. The molecule has 0 amide bonds. The van der Waals surface area contributed by atoms with Crippen LogP contribution in [0.25, 0.3) is 5.52 Å². The molecular weight excluding hydrogens is 234 g/mol. The molecule has 2 heterocycles. The molecule has 4 nitrogen and oxygen atoms in total. The number of aromatic nitrogens is 2. The Hall–Kier alpha value is -1.33.